The number of aromatic nitrogens is 2. The quantitative estimate of drug-likeness (QED) is 0.850. The molecule has 84 valence electrons. The van der Waals surface area contributed by atoms with Crippen LogP contribution in [0.5, 0.6) is 0 Å². The largest absolute Gasteiger partial charge is 0.381 e. The fourth-order valence-corrected chi connectivity index (χ4v) is 3.00. The van der Waals surface area contributed by atoms with E-state index in [-0.39, 0.29) is 0 Å². The second kappa shape index (κ2) is 5.01. The third-order valence-electron chi connectivity index (χ3n) is 3.02. The van der Waals surface area contributed by atoms with Gasteiger partial charge >= 0.3 is 0 Å². The van der Waals surface area contributed by atoms with Crippen LogP contribution in [-0.4, -0.2) is 29.8 Å². The summed E-state index contributed by atoms with van der Waals surface area (Å²) in [7, 11) is 2.01. The van der Waals surface area contributed by atoms with Crippen molar-refractivity contribution in [1.29, 1.82) is 0 Å². The molecule has 1 unspecified atom stereocenters. The predicted molar refractivity (Wildman–Crippen MR) is 60.0 cm³/mol. The molecule has 2 rings (SSSR count). The van der Waals surface area contributed by atoms with Gasteiger partial charge in [0.2, 0.25) is 0 Å². The van der Waals surface area contributed by atoms with Crippen molar-refractivity contribution in [2.45, 2.75) is 25.8 Å². The summed E-state index contributed by atoms with van der Waals surface area (Å²) in [5, 5.41) is 7.47. The monoisotopic (exact) mass is 227 g/mol. The summed E-state index contributed by atoms with van der Waals surface area (Å²) >= 11 is 1.51. The van der Waals surface area contributed by atoms with Gasteiger partial charge in [0, 0.05) is 19.3 Å². The van der Waals surface area contributed by atoms with E-state index >= 15 is 0 Å². The Kier molecular flexibility index (Phi) is 3.66. The molecule has 1 aliphatic rings. The molecule has 0 aliphatic carbocycles. The van der Waals surface area contributed by atoms with Crippen molar-refractivity contribution < 1.29 is 4.74 Å². The molecular formula is C10H17N3OS. The minimum atomic E-state index is 0.397. The van der Waals surface area contributed by atoms with Gasteiger partial charge in [-0.1, -0.05) is 4.49 Å². The van der Waals surface area contributed by atoms with E-state index in [1.54, 1.807) is 0 Å². The van der Waals surface area contributed by atoms with Crippen LogP contribution in [0.3, 0.4) is 0 Å². The van der Waals surface area contributed by atoms with Gasteiger partial charge < -0.3 is 10.1 Å². The minimum Gasteiger partial charge on any atom is -0.381 e. The highest BCUT2D eigenvalue weighted by Gasteiger charge is 2.26. The average Bonchev–Trinajstić information content (AvgIpc) is 2.68. The molecule has 0 spiro atoms. The van der Waals surface area contributed by atoms with E-state index in [0.29, 0.717) is 12.0 Å². The Bertz CT molecular complexity index is 309. The summed E-state index contributed by atoms with van der Waals surface area (Å²) in [6, 6.07) is 0.397. The van der Waals surface area contributed by atoms with Crippen molar-refractivity contribution in [2.24, 2.45) is 5.92 Å². The van der Waals surface area contributed by atoms with E-state index in [4.69, 9.17) is 4.74 Å². The molecular weight excluding hydrogens is 210 g/mol. The van der Waals surface area contributed by atoms with E-state index in [1.165, 1.54) is 16.4 Å². The van der Waals surface area contributed by atoms with Crippen LogP contribution in [0, 0.1) is 12.8 Å². The lowest BCUT2D eigenvalue weighted by Gasteiger charge is -2.29. The molecule has 1 fully saturated rings. The van der Waals surface area contributed by atoms with Crippen molar-refractivity contribution >= 4 is 11.5 Å². The maximum absolute atomic E-state index is 5.39. The normalized spacial score (nSPS) is 20.4. The molecule has 1 saturated heterocycles. The summed E-state index contributed by atoms with van der Waals surface area (Å²) in [5.74, 6) is 0.657. The third-order valence-corrected chi connectivity index (χ3v) is 3.93. The van der Waals surface area contributed by atoms with Crippen LogP contribution >= 0.6 is 11.5 Å². The van der Waals surface area contributed by atoms with Crippen LogP contribution in [0.25, 0.3) is 0 Å². The zero-order chi connectivity index (χ0) is 10.7. The Morgan fingerprint density at radius 3 is 2.73 bits per heavy atom. The van der Waals surface area contributed by atoms with Gasteiger partial charge in [0.25, 0.3) is 0 Å². The molecule has 1 N–H and O–H groups in total. The number of aryl methyl sites for hydroxylation is 1. The molecule has 5 heteroatoms. The van der Waals surface area contributed by atoms with Crippen LogP contribution in [0.1, 0.15) is 29.5 Å². The predicted octanol–water partition coefficient (Wildman–Crippen LogP) is 1.53. The summed E-state index contributed by atoms with van der Waals surface area (Å²) in [5.41, 5.74) is 1.06. The SMILES string of the molecule is CNC(c1snnc1C)C1CCOCC1. The highest BCUT2D eigenvalue weighted by Crippen LogP contribution is 2.32. The van der Waals surface area contributed by atoms with E-state index in [9.17, 15) is 0 Å². The first-order chi connectivity index (χ1) is 7.33. The highest BCUT2D eigenvalue weighted by molar-refractivity contribution is 7.05. The van der Waals surface area contributed by atoms with E-state index in [0.717, 1.165) is 31.7 Å². The highest BCUT2D eigenvalue weighted by atomic mass is 32.1. The molecule has 15 heavy (non-hydrogen) atoms. The molecule has 1 atom stereocenters. The topological polar surface area (TPSA) is 47.0 Å². The van der Waals surface area contributed by atoms with Gasteiger partial charge in [-0.05, 0) is 44.3 Å². The van der Waals surface area contributed by atoms with Crippen LogP contribution in [0.15, 0.2) is 0 Å². The average molecular weight is 227 g/mol. The number of hydrogen-bond acceptors (Lipinski definition) is 5. The van der Waals surface area contributed by atoms with Crippen LogP contribution in [0.4, 0.5) is 0 Å². The lowest BCUT2D eigenvalue weighted by molar-refractivity contribution is 0.0549. The minimum absolute atomic E-state index is 0.397. The number of nitrogens with one attached hydrogen (secondary N) is 1. The zero-order valence-corrected chi connectivity index (χ0v) is 10.0. The van der Waals surface area contributed by atoms with Gasteiger partial charge in [0.05, 0.1) is 10.6 Å². The molecule has 1 aromatic heterocycles. The summed E-state index contributed by atoms with van der Waals surface area (Å²) in [4.78, 5) is 1.28. The van der Waals surface area contributed by atoms with E-state index < -0.39 is 0 Å². The van der Waals surface area contributed by atoms with E-state index in [1.807, 2.05) is 14.0 Å². The summed E-state index contributed by atoms with van der Waals surface area (Å²) < 4.78 is 9.39. The molecule has 0 saturated carbocycles. The van der Waals surface area contributed by atoms with Gasteiger partial charge in [-0.2, -0.15) is 0 Å². The van der Waals surface area contributed by atoms with Crippen LogP contribution in [-0.2, 0) is 4.74 Å². The molecule has 0 amide bonds. The summed E-state index contributed by atoms with van der Waals surface area (Å²) in [6.07, 6.45) is 2.26. The van der Waals surface area contributed by atoms with Crippen molar-refractivity contribution in [3.63, 3.8) is 0 Å². The lowest BCUT2D eigenvalue weighted by Crippen LogP contribution is -2.29. The van der Waals surface area contributed by atoms with Crippen LogP contribution in [0.2, 0.25) is 0 Å². The van der Waals surface area contributed by atoms with Gasteiger partial charge in [-0.25, -0.2) is 0 Å². The number of ether oxygens (including phenoxy) is 1. The standard InChI is InChI=1S/C10H17N3OS/c1-7-10(15-13-12-7)9(11-2)8-3-5-14-6-4-8/h8-9,11H,3-6H2,1-2H3. The second-order valence-electron chi connectivity index (χ2n) is 3.94. The van der Waals surface area contributed by atoms with Crippen molar-refractivity contribution in [2.75, 3.05) is 20.3 Å². The molecule has 0 radical (unpaired) electrons. The maximum atomic E-state index is 5.39. The first kappa shape index (κ1) is 11.0. The molecule has 1 aliphatic heterocycles. The van der Waals surface area contributed by atoms with Gasteiger partial charge in [-0.15, -0.1) is 5.10 Å². The number of rotatable bonds is 3. The van der Waals surface area contributed by atoms with Gasteiger partial charge in [0.1, 0.15) is 0 Å². The molecule has 1 aromatic rings. The Labute approximate surface area is 94.2 Å². The van der Waals surface area contributed by atoms with Crippen LogP contribution < -0.4 is 5.32 Å². The number of nitrogens with zero attached hydrogens (tertiary/aromatic N) is 2. The first-order valence-corrected chi connectivity index (χ1v) is 6.14. The molecule has 0 bridgehead atoms. The molecule has 0 aromatic carbocycles. The molecule has 2 heterocycles. The molecule has 4 nitrogen and oxygen atoms in total. The fraction of sp³-hybridized carbons (Fsp3) is 0.800. The fourth-order valence-electron chi connectivity index (χ4n) is 2.15. The Morgan fingerprint density at radius 2 is 2.20 bits per heavy atom. The second-order valence-corrected chi connectivity index (χ2v) is 4.72. The van der Waals surface area contributed by atoms with Crippen molar-refractivity contribution in [3.05, 3.63) is 10.6 Å². The van der Waals surface area contributed by atoms with Gasteiger partial charge in [0.15, 0.2) is 0 Å². The summed E-state index contributed by atoms with van der Waals surface area (Å²) in [6.45, 7) is 3.80. The smallest absolute Gasteiger partial charge is 0.0772 e. The Balaban J connectivity index is 2.12. The Hall–Kier alpha value is -0.520. The van der Waals surface area contributed by atoms with Crippen molar-refractivity contribution in [1.82, 2.24) is 14.9 Å². The lowest BCUT2D eigenvalue weighted by atomic mass is 9.90. The maximum Gasteiger partial charge on any atom is 0.0772 e. The van der Waals surface area contributed by atoms with E-state index in [2.05, 4.69) is 14.9 Å². The third kappa shape index (κ3) is 2.35. The number of hydrogen-bond donors (Lipinski definition) is 1. The Morgan fingerprint density at radius 1 is 1.47 bits per heavy atom. The zero-order valence-electron chi connectivity index (χ0n) is 9.19. The van der Waals surface area contributed by atoms with Crippen molar-refractivity contribution in [3.8, 4) is 0 Å². The van der Waals surface area contributed by atoms with Gasteiger partial charge in [-0.3, -0.25) is 0 Å². The first-order valence-electron chi connectivity index (χ1n) is 5.36.